The molecule has 1 fully saturated rings. The van der Waals surface area contributed by atoms with E-state index in [-0.39, 0.29) is 18.1 Å². The average molecular weight is 290 g/mol. The number of ether oxygens (including phenoxy) is 1. The zero-order chi connectivity index (χ0) is 14.1. The summed E-state index contributed by atoms with van der Waals surface area (Å²) >= 11 is 1.45. The lowest BCUT2D eigenvalue weighted by molar-refractivity contribution is 0.0137. The molecule has 3 N–H and O–H groups in total. The van der Waals surface area contributed by atoms with Crippen molar-refractivity contribution >= 4 is 33.0 Å². The molecular formula is C15H18N2O2S. The number of amides is 1. The highest BCUT2D eigenvalue weighted by Gasteiger charge is 2.23. The second kappa shape index (κ2) is 5.42. The highest BCUT2D eigenvalue weighted by atomic mass is 32.1. The first kappa shape index (κ1) is 13.4. The van der Waals surface area contributed by atoms with E-state index in [9.17, 15) is 4.79 Å². The van der Waals surface area contributed by atoms with E-state index >= 15 is 0 Å². The van der Waals surface area contributed by atoms with Gasteiger partial charge in [0.1, 0.15) is 4.88 Å². The molecule has 0 radical (unpaired) electrons. The van der Waals surface area contributed by atoms with Crippen LogP contribution in [0.4, 0.5) is 5.69 Å². The number of carbonyl (C=O) groups is 1. The average Bonchev–Trinajstić information content (AvgIpc) is 2.77. The number of hydrogen-bond acceptors (Lipinski definition) is 4. The molecule has 0 saturated carbocycles. The van der Waals surface area contributed by atoms with Crippen LogP contribution >= 0.6 is 11.3 Å². The lowest BCUT2D eigenvalue weighted by atomic mass is 10.0. The molecule has 3 rings (SSSR count). The molecule has 2 atom stereocenters. The minimum Gasteiger partial charge on any atom is -0.397 e. The van der Waals surface area contributed by atoms with E-state index in [2.05, 4.69) is 5.32 Å². The molecule has 20 heavy (non-hydrogen) atoms. The Bertz CT molecular complexity index is 638. The topological polar surface area (TPSA) is 64.4 Å². The van der Waals surface area contributed by atoms with Gasteiger partial charge in [-0.3, -0.25) is 4.79 Å². The zero-order valence-electron chi connectivity index (χ0n) is 11.4. The van der Waals surface area contributed by atoms with Crippen molar-refractivity contribution in [2.24, 2.45) is 0 Å². The third kappa shape index (κ3) is 2.51. The van der Waals surface area contributed by atoms with Gasteiger partial charge in [-0.25, -0.2) is 0 Å². The van der Waals surface area contributed by atoms with Crippen molar-refractivity contribution in [3.8, 4) is 0 Å². The standard InChI is InChI=1S/C15H18N2O2S/c1-9-8-10(6-7-19-9)17-15(18)14-13(16)11-4-2-3-5-12(11)20-14/h2-5,9-10H,6-8,16H2,1H3,(H,17,18). The highest BCUT2D eigenvalue weighted by molar-refractivity contribution is 7.21. The fourth-order valence-corrected chi connectivity index (χ4v) is 3.64. The second-order valence-electron chi connectivity index (χ2n) is 5.22. The Labute approximate surface area is 121 Å². The number of carbonyl (C=O) groups excluding carboxylic acids is 1. The van der Waals surface area contributed by atoms with Gasteiger partial charge >= 0.3 is 0 Å². The van der Waals surface area contributed by atoms with Crippen molar-refractivity contribution < 1.29 is 9.53 Å². The number of nitrogens with one attached hydrogen (secondary N) is 1. The first-order valence-electron chi connectivity index (χ1n) is 6.84. The molecule has 0 bridgehead atoms. The number of nitrogen functional groups attached to an aromatic ring is 1. The van der Waals surface area contributed by atoms with Crippen LogP contribution in [0.25, 0.3) is 10.1 Å². The Hall–Kier alpha value is -1.59. The lowest BCUT2D eigenvalue weighted by Crippen LogP contribution is -2.41. The van der Waals surface area contributed by atoms with Crippen LogP contribution < -0.4 is 11.1 Å². The van der Waals surface area contributed by atoms with Crippen molar-refractivity contribution in [2.75, 3.05) is 12.3 Å². The molecule has 1 aliphatic heterocycles. The fraction of sp³-hybridized carbons (Fsp3) is 0.400. The molecule has 2 unspecified atom stereocenters. The van der Waals surface area contributed by atoms with Crippen LogP contribution in [0.3, 0.4) is 0 Å². The minimum absolute atomic E-state index is 0.0669. The van der Waals surface area contributed by atoms with Crippen LogP contribution in [-0.4, -0.2) is 24.7 Å². The Morgan fingerprint density at radius 2 is 2.25 bits per heavy atom. The van der Waals surface area contributed by atoms with Crippen molar-refractivity contribution in [1.29, 1.82) is 0 Å². The Morgan fingerprint density at radius 1 is 1.45 bits per heavy atom. The van der Waals surface area contributed by atoms with Gasteiger partial charge in [0.05, 0.1) is 11.8 Å². The maximum absolute atomic E-state index is 12.4. The van der Waals surface area contributed by atoms with Crippen LogP contribution in [0.15, 0.2) is 24.3 Å². The molecule has 1 amide bonds. The number of hydrogen-bond donors (Lipinski definition) is 2. The van der Waals surface area contributed by atoms with E-state index in [1.807, 2.05) is 31.2 Å². The van der Waals surface area contributed by atoms with Gasteiger partial charge in [0, 0.05) is 22.7 Å². The van der Waals surface area contributed by atoms with Crippen LogP contribution in [0, 0.1) is 0 Å². The summed E-state index contributed by atoms with van der Waals surface area (Å²) in [5, 5.41) is 4.04. The van der Waals surface area contributed by atoms with Gasteiger partial charge < -0.3 is 15.8 Å². The van der Waals surface area contributed by atoms with Crippen molar-refractivity contribution in [3.63, 3.8) is 0 Å². The summed E-state index contributed by atoms with van der Waals surface area (Å²) in [6.45, 7) is 2.74. The van der Waals surface area contributed by atoms with Gasteiger partial charge in [0.15, 0.2) is 0 Å². The lowest BCUT2D eigenvalue weighted by Gasteiger charge is -2.27. The third-order valence-corrected chi connectivity index (χ3v) is 4.85. The SMILES string of the molecule is CC1CC(NC(=O)c2sc3ccccc3c2N)CCO1. The summed E-state index contributed by atoms with van der Waals surface area (Å²) in [5.74, 6) is -0.0669. The molecule has 106 valence electrons. The summed E-state index contributed by atoms with van der Waals surface area (Å²) in [4.78, 5) is 13.0. The number of anilines is 1. The predicted molar refractivity (Wildman–Crippen MR) is 82.1 cm³/mol. The molecular weight excluding hydrogens is 272 g/mol. The van der Waals surface area contributed by atoms with Crippen LogP contribution in [-0.2, 0) is 4.74 Å². The van der Waals surface area contributed by atoms with Gasteiger partial charge in [0.2, 0.25) is 0 Å². The number of thiophene rings is 1. The predicted octanol–water partition coefficient (Wildman–Crippen LogP) is 2.78. The van der Waals surface area contributed by atoms with Crippen LogP contribution in [0.5, 0.6) is 0 Å². The van der Waals surface area contributed by atoms with E-state index < -0.39 is 0 Å². The number of benzene rings is 1. The molecule has 1 aromatic heterocycles. The van der Waals surface area contributed by atoms with Gasteiger partial charge in [-0.15, -0.1) is 11.3 Å². The molecule has 2 aromatic rings. The summed E-state index contributed by atoms with van der Waals surface area (Å²) in [6, 6.07) is 8.02. The molecule has 1 saturated heterocycles. The molecule has 4 nitrogen and oxygen atoms in total. The zero-order valence-corrected chi connectivity index (χ0v) is 12.2. The van der Waals surface area contributed by atoms with Gasteiger partial charge in [-0.2, -0.15) is 0 Å². The molecule has 5 heteroatoms. The van der Waals surface area contributed by atoms with Gasteiger partial charge in [0.25, 0.3) is 5.91 Å². The number of fused-ring (bicyclic) bond motifs is 1. The smallest absolute Gasteiger partial charge is 0.263 e. The highest BCUT2D eigenvalue weighted by Crippen LogP contribution is 2.33. The largest absolute Gasteiger partial charge is 0.397 e. The molecule has 0 spiro atoms. The van der Waals surface area contributed by atoms with Gasteiger partial charge in [-0.1, -0.05) is 18.2 Å². The van der Waals surface area contributed by atoms with E-state index in [0.717, 1.165) is 22.9 Å². The summed E-state index contributed by atoms with van der Waals surface area (Å²) < 4.78 is 6.55. The maximum Gasteiger partial charge on any atom is 0.263 e. The summed E-state index contributed by atoms with van der Waals surface area (Å²) in [6.07, 6.45) is 1.92. The monoisotopic (exact) mass is 290 g/mol. The first-order valence-corrected chi connectivity index (χ1v) is 7.66. The Morgan fingerprint density at radius 3 is 3.00 bits per heavy atom. The Kier molecular flexibility index (Phi) is 3.63. The van der Waals surface area contributed by atoms with E-state index in [4.69, 9.17) is 10.5 Å². The second-order valence-corrected chi connectivity index (χ2v) is 6.27. The van der Waals surface area contributed by atoms with E-state index in [1.54, 1.807) is 0 Å². The molecule has 0 aliphatic carbocycles. The van der Waals surface area contributed by atoms with Crippen molar-refractivity contribution in [2.45, 2.75) is 31.9 Å². The summed E-state index contributed by atoms with van der Waals surface area (Å²) in [7, 11) is 0. The van der Waals surface area contributed by atoms with Crippen molar-refractivity contribution in [3.05, 3.63) is 29.1 Å². The third-order valence-electron chi connectivity index (χ3n) is 3.66. The quantitative estimate of drug-likeness (QED) is 0.894. The van der Waals surface area contributed by atoms with Crippen LogP contribution in [0.2, 0.25) is 0 Å². The van der Waals surface area contributed by atoms with Crippen LogP contribution in [0.1, 0.15) is 29.4 Å². The summed E-state index contributed by atoms with van der Waals surface area (Å²) in [5.41, 5.74) is 6.68. The maximum atomic E-state index is 12.4. The van der Waals surface area contributed by atoms with Crippen molar-refractivity contribution in [1.82, 2.24) is 5.32 Å². The fourth-order valence-electron chi connectivity index (χ4n) is 2.61. The number of rotatable bonds is 2. The van der Waals surface area contributed by atoms with E-state index in [0.29, 0.717) is 17.2 Å². The molecule has 2 heterocycles. The van der Waals surface area contributed by atoms with Gasteiger partial charge in [-0.05, 0) is 25.8 Å². The minimum atomic E-state index is -0.0669. The molecule has 1 aliphatic rings. The van der Waals surface area contributed by atoms with E-state index in [1.165, 1.54) is 11.3 Å². The Balaban J connectivity index is 1.80. The number of nitrogens with two attached hydrogens (primary N) is 1. The normalized spacial score (nSPS) is 22.9. The molecule has 1 aromatic carbocycles. The first-order chi connectivity index (χ1) is 9.65.